The number of carboxylic acid groups (broad SMARTS) is 2. The SMILES string of the molecule is CO[Si](CCCNC(=O)c1ccc(Oc2ccc(C(=O)O)c(C(=O)NCCC[Si](OC)(OC)OC)c2)cc1C(=O)O)(OC)OC. The Morgan fingerprint density at radius 2 is 0.956 bits per heavy atom. The summed E-state index contributed by atoms with van der Waals surface area (Å²) in [5.41, 5.74) is -0.825. The van der Waals surface area contributed by atoms with Gasteiger partial charge in [0.1, 0.15) is 11.5 Å². The third-order valence-corrected chi connectivity index (χ3v) is 12.6. The van der Waals surface area contributed by atoms with Crippen molar-refractivity contribution in [3.63, 3.8) is 0 Å². The fraction of sp³-hybridized carbons (Fsp3) is 0.429. The average Bonchev–Trinajstić information content (AvgIpc) is 3.05. The summed E-state index contributed by atoms with van der Waals surface area (Å²) in [5, 5.41) is 24.7. The molecule has 0 unspecified atom stereocenters. The van der Waals surface area contributed by atoms with Crippen LogP contribution >= 0.6 is 0 Å². The summed E-state index contributed by atoms with van der Waals surface area (Å²) in [6, 6.07) is 8.49. The first-order valence-corrected chi connectivity index (χ1v) is 17.6. The van der Waals surface area contributed by atoms with E-state index in [-0.39, 0.29) is 46.8 Å². The Balaban J connectivity index is 2.16. The minimum absolute atomic E-state index is 0.0504. The molecule has 2 aromatic carbocycles. The van der Waals surface area contributed by atoms with Gasteiger partial charge in [0.25, 0.3) is 11.8 Å². The van der Waals surface area contributed by atoms with E-state index in [0.717, 1.165) is 0 Å². The summed E-state index contributed by atoms with van der Waals surface area (Å²) in [6.45, 7) is 0.406. The molecule has 0 saturated carbocycles. The molecule has 45 heavy (non-hydrogen) atoms. The lowest BCUT2D eigenvalue weighted by molar-refractivity contribution is 0.0682. The molecular weight excluding hydrogens is 628 g/mol. The Hall–Kier alpha value is -3.69. The number of aromatic carboxylic acids is 2. The van der Waals surface area contributed by atoms with Crippen molar-refractivity contribution in [2.75, 3.05) is 55.7 Å². The number of nitrogens with one attached hydrogen (secondary N) is 2. The van der Waals surface area contributed by atoms with E-state index < -0.39 is 41.4 Å². The van der Waals surface area contributed by atoms with Crippen molar-refractivity contribution in [3.8, 4) is 11.5 Å². The molecule has 0 heterocycles. The first kappa shape index (κ1) is 37.5. The van der Waals surface area contributed by atoms with Crippen LogP contribution in [0.15, 0.2) is 36.4 Å². The van der Waals surface area contributed by atoms with Crippen molar-refractivity contribution in [1.29, 1.82) is 0 Å². The van der Waals surface area contributed by atoms with Gasteiger partial charge in [0, 0.05) is 67.8 Å². The van der Waals surface area contributed by atoms with E-state index in [9.17, 15) is 29.4 Å². The number of benzene rings is 2. The highest BCUT2D eigenvalue weighted by atomic mass is 28.4. The van der Waals surface area contributed by atoms with Crippen molar-refractivity contribution >= 4 is 41.4 Å². The molecule has 2 aromatic rings. The third kappa shape index (κ3) is 10.2. The normalized spacial score (nSPS) is 11.6. The zero-order chi connectivity index (χ0) is 33.6. The maximum absolute atomic E-state index is 12.9. The molecule has 0 aliphatic heterocycles. The topological polar surface area (TPSA) is 197 Å². The van der Waals surface area contributed by atoms with Gasteiger partial charge in [-0.05, 0) is 49.2 Å². The molecule has 2 amide bonds. The fourth-order valence-corrected chi connectivity index (χ4v) is 7.82. The Labute approximate surface area is 263 Å². The van der Waals surface area contributed by atoms with Gasteiger partial charge in [-0.15, -0.1) is 0 Å². The highest BCUT2D eigenvalue weighted by Crippen LogP contribution is 2.27. The number of rotatable bonds is 20. The molecule has 0 bridgehead atoms. The predicted octanol–water partition coefficient (Wildman–Crippen LogP) is 2.87. The molecule has 15 nitrogen and oxygen atoms in total. The zero-order valence-corrected chi connectivity index (χ0v) is 28.1. The van der Waals surface area contributed by atoms with Crippen LogP contribution < -0.4 is 15.4 Å². The van der Waals surface area contributed by atoms with E-state index in [1.807, 2.05) is 0 Å². The van der Waals surface area contributed by atoms with E-state index in [1.54, 1.807) is 0 Å². The molecule has 0 radical (unpaired) electrons. The van der Waals surface area contributed by atoms with E-state index in [2.05, 4.69) is 10.6 Å². The van der Waals surface area contributed by atoms with Gasteiger partial charge in [-0.3, -0.25) is 9.59 Å². The third-order valence-electron chi connectivity index (χ3n) is 6.92. The molecule has 0 aliphatic carbocycles. The van der Waals surface area contributed by atoms with Crippen molar-refractivity contribution in [3.05, 3.63) is 58.7 Å². The lowest BCUT2D eigenvalue weighted by Gasteiger charge is -2.24. The molecule has 0 atom stereocenters. The largest absolute Gasteiger partial charge is 0.500 e. The van der Waals surface area contributed by atoms with Crippen LogP contribution in [0.2, 0.25) is 12.1 Å². The second kappa shape index (κ2) is 17.7. The summed E-state index contributed by atoms with van der Waals surface area (Å²) < 4.78 is 37.9. The summed E-state index contributed by atoms with van der Waals surface area (Å²) in [5.74, 6) is -3.82. The number of carboxylic acids is 2. The summed E-state index contributed by atoms with van der Waals surface area (Å²) >= 11 is 0. The molecule has 0 spiro atoms. The van der Waals surface area contributed by atoms with Crippen molar-refractivity contribution < 1.29 is 60.7 Å². The van der Waals surface area contributed by atoms with E-state index >= 15 is 0 Å². The molecule has 0 fully saturated rings. The lowest BCUT2D eigenvalue weighted by atomic mass is 10.1. The fourth-order valence-electron chi connectivity index (χ4n) is 4.38. The number of carbonyl (C=O) groups excluding carboxylic acids is 2. The Bertz CT molecular complexity index is 1320. The van der Waals surface area contributed by atoms with Gasteiger partial charge < -0.3 is 52.1 Å². The molecule has 248 valence electrons. The van der Waals surface area contributed by atoms with Crippen LogP contribution in [-0.2, 0) is 26.6 Å². The molecular formula is C28H40N2O13Si2. The van der Waals surface area contributed by atoms with Gasteiger partial charge in [-0.2, -0.15) is 0 Å². The minimum atomic E-state index is -2.84. The van der Waals surface area contributed by atoms with Gasteiger partial charge in [-0.1, -0.05) is 0 Å². The standard InChI is InChI=1S/C28H40N2O13Si2/c1-37-44(38-2,39-3)15-7-13-29-25(31)21-11-9-20(18-24(21)28(35)36)43-19-10-12-22(27(33)34)23(17-19)26(32)30-14-8-16-45(40-4,41-5)42-6/h9-12,17-18H,7-8,13-16H2,1-6H3,(H,29,31)(H,30,32)(H,33,34)(H,35,36). The number of ether oxygens (including phenoxy) is 1. The van der Waals surface area contributed by atoms with Crippen LogP contribution in [0.1, 0.15) is 54.3 Å². The number of carbonyl (C=O) groups is 4. The molecule has 17 heteroatoms. The van der Waals surface area contributed by atoms with E-state index in [0.29, 0.717) is 24.9 Å². The number of hydrogen-bond acceptors (Lipinski definition) is 11. The first-order chi connectivity index (χ1) is 21.4. The Morgan fingerprint density at radius 3 is 1.36 bits per heavy atom. The average molecular weight is 669 g/mol. The highest BCUT2D eigenvalue weighted by Gasteiger charge is 2.37. The minimum Gasteiger partial charge on any atom is -0.478 e. The molecule has 0 saturated heterocycles. The highest BCUT2D eigenvalue weighted by molar-refractivity contribution is 6.60. The summed E-state index contributed by atoms with van der Waals surface area (Å²) in [6.07, 6.45) is 0.912. The Kier molecular flexibility index (Phi) is 14.8. The van der Waals surface area contributed by atoms with Crippen LogP contribution in [-0.4, -0.2) is 107 Å². The van der Waals surface area contributed by atoms with Crippen LogP contribution in [0.25, 0.3) is 0 Å². The smallest absolute Gasteiger partial charge is 0.478 e. The predicted molar refractivity (Wildman–Crippen MR) is 164 cm³/mol. The van der Waals surface area contributed by atoms with Crippen molar-refractivity contribution in [2.45, 2.75) is 24.9 Å². The van der Waals surface area contributed by atoms with E-state index in [4.69, 9.17) is 31.3 Å². The maximum Gasteiger partial charge on any atom is 0.500 e. The van der Waals surface area contributed by atoms with Gasteiger partial charge in [0.2, 0.25) is 0 Å². The lowest BCUT2D eigenvalue weighted by Crippen LogP contribution is -2.43. The van der Waals surface area contributed by atoms with Crippen LogP contribution in [0.5, 0.6) is 11.5 Å². The van der Waals surface area contributed by atoms with Crippen molar-refractivity contribution in [1.82, 2.24) is 10.6 Å². The quantitative estimate of drug-likeness (QED) is 0.119. The van der Waals surface area contributed by atoms with Gasteiger partial charge in [0.15, 0.2) is 0 Å². The van der Waals surface area contributed by atoms with Crippen LogP contribution in [0.3, 0.4) is 0 Å². The molecule has 2 rings (SSSR count). The molecule has 0 aromatic heterocycles. The van der Waals surface area contributed by atoms with Gasteiger partial charge in [-0.25, -0.2) is 9.59 Å². The van der Waals surface area contributed by atoms with Crippen LogP contribution in [0.4, 0.5) is 0 Å². The second-order valence-electron chi connectivity index (χ2n) is 9.44. The first-order valence-electron chi connectivity index (χ1n) is 13.7. The monoisotopic (exact) mass is 668 g/mol. The Morgan fingerprint density at radius 1 is 0.578 bits per heavy atom. The van der Waals surface area contributed by atoms with Gasteiger partial charge in [0.05, 0.1) is 22.3 Å². The second-order valence-corrected chi connectivity index (χ2v) is 15.6. The van der Waals surface area contributed by atoms with Crippen molar-refractivity contribution in [2.24, 2.45) is 0 Å². The van der Waals surface area contributed by atoms with Gasteiger partial charge >= 0.3 is 29.5 Å². The molecule has 0 aliphatic rings. The zero-order valence-electron chi connectivity index (χ0n) is 26.1. The molecule has 4 N–H and O–H groups in total. The summed E-state index contributed by atoms with van der Waals surface area (Å²) in [4.78, 5) is 49.5. The maximum atomic E-state index is 12.9. The summed E-state index contributed by atoms with van der Waals surface area (Å²) in [7, 11) is 3.23. The van der Waals surface area contributed by atoms with Crippen LogP contribution in [0, 0.1) is 0 Å². The number of amides is 2. The van der Waals surface area contributed by atoms with E-state index in [1.165, 1.54) is 79.1 Å². The number of hydrogen-bond donors (Lipinski definition) is 4.